The number of hydrogen-bond donors (Lipinski definition) is 1. The van der Waals surface area contributed by atoms with Gasteiger partial charge in [0.1, 0.15) is 0 Å². The number of carbonyl (C=O) groups excluding carboxylic acids is 1. The molecule has 2 heterocycles. The topological polar surface area (TPSA) is 72.1 Å². The Balaban J connectivity index is 2.04. The van der Waals surface area contributed by atoms with Crippen molar-refractivity contribution in [3.8, 4) is 0 Å². The first-order valence-electron chi connectivity index (χ1n) is 6.98. The molecule has 1 aliphatic heterocycles. The number of aromatic nitrogens is 2. The van der Waals surface area contributed by atoms with E-state index in [4.69, 9.17) is 5.73 Å². The zero-order valence-corrected chi connectivity index (χ0v) is 11.7. The molecule has 1 saturated heterocycles. The van der Waals surface area contributed by atoms with E-state index >= 15 is 0 Å². The van der Waals surface area contributed by atoms with Crippen LogP contribution in [0.25, 0.3) is 0 Å². The van der Waals surface area contributed by atoms with Crippen molar-refractivity contribution < 1.29 is 4.79 Å². The Morgan fingerprint density at radius 1 is 1.47 bits per heavy atom. The Kier molecular flexibility index (Phi) is 4.35. The molecule has 0 aromatic carbocycles. The summed E-state index contributed by atoms with van der Waals surface area (Å²) in [6.45, 7) is 5.52. The Hall–Kier alpha value is -1.65. The van der Waals surface area contributed by atoms with Crippen molar-refractivity contribution in [1.82, 2.24) is 10.2 Å². The molecule has 1 amide bonds. The number of rotatable bonds is 5. The maximum absolute atomic E-state index is 11.0. The van der Waals surface area contributed by atoms with Gasteiger partial charge in [0.05, 0.1) is 0 Å². The summed E-state index contributed by atoms with van der Waals surface area (Å²) in [5.41, 5.74) is 5.39. The van der Waals surface area contributed by atoms with Crippen LogP contribution >= 0.6 is 0 Å². The molecule has 5 nitrogen and oxygen atoms in total. The third-order valence-electron chi connectivity index (χ3n) is 3.65. The summed E-state index contributed by atoms with van der Waals surface area (Å²) >= 11 is 0. The molecule has 0 radical (unpaired) electrons. The lowest BCUT2D eigenvalue weighted by molar-refractivity contribution is 0.0994. The fraction of sp³-hybridized carbons (Fsp3) is 0.643. The number of nitrogens with two attached hydrogens (primary N) is 1. The Morgan fingerprint density at radius 2 is 2.26 bits per heavy atom. The molecule has 104 valence electrons. The molecule has 1 aromatic heterocycles. The molecule has 19 heavy (non-hydrogen) atoms. The standard InChI is InChI=1S/C14H22N4O/c1-10(2)5-6-11-4-3-9-18(11)13-8-7-12(14(15)19)16-17-13/h7-8,10-11H,3-6,9H2,1-2H3,(H2,15,19). The number of amides is 1. The molecule has 1 fully saturated rings. The highest BCUT2D eigenvalue weighted by Gasteiger charge is 2.25. The van der Waals surface area contributed by atoms with Crippen molar-refractivity contribution in [2.45, 2.75) is 45.6 Å². The minimum atomic E-state index is -0.531. The molecule has 0 saturated carbocycles. The first-order valence-corrected chi connectivity index (χ1v) is 6.98. The maximum atomic E-state index is 11.0. The van der Waals surface area contributed by atoms with Gasteiger partial charge in [-0.15, -0.1) is 10.2 Å². The Morgan fingerprint density at radius 3 is 2.84 bits per heavy atom. The summed E-state index contributed by atoms with van der Waals surface area (Å²) in [6, 6.07) is 4.06. The van der Waals surface area contributed by atoms with E-state index in [1.807, 2.05) is 6.07 Å². The lowest BCUT2D eigenvalue weighted by Gasteiger charge is -2.25. The molecule has 0 aliphatic carbocycles. The monoisotopic (exact) mass is 262 g/mol. The maximum Gasteiger partial charge on any atom is 0.269 e. The molecular weight excluding hydrogens is 240 g/mol. The van der Waals surface area contributed by atoms with Gasteiger partial charge in [-0.2, -0.15) is 0 Å². The third kappa shape index (κ3) is 3.43. The SMILES string of the molecule is CC(C)CCC1CCCN1c1ccc(C(N)=O)nn1. The first kappa shape index (κ1) is 13.8. The van der Waals surface area contributed by atoms with E-state index in [9.17, 15) is 4.79 Å². The van der Waals surface area contributed by atoms with Gasteiger partial charge in [-0.05, 0) is 43.7 Å². The third-order valence-corrected chi connectivity index (χ3v) is 3.65. The summed E-state index contributed by atoms with van der Waals surface area (Å²) in [4.78, 5) is 13.3. The fourth-order valence-corrected chi connectivity index (χ4v) is 2.57. The van der Waals surface area contributed by atoms with Crippen LogP contribution in [0.3, 0.4) is 0 Å². The minimum Gasteiger partial charge on any atom is -0.364 e. The lowest BCUT2D eigenvalue weighted by Crippen LogP contribution is -2.30. The molecule has 2 N–H and O–H groups in total. The minimum absolute atomic E-state index is 0.224. The van der Waals surface area contributed by atoms with E-state index in [-0.39, 0.29) is 5.69 Å². The van der Waals surface area contributed by atoms with Crippen LogP contribution in [0.1, 0.15) is 50.0 Å². The summed E-state index contributed by atoms with van der Waals surface area (Å²) in [5, 5.41) is 8.02. The summed E-state index contributed by atoms with van der Waals surface area (Å²) in [5.74, 6) is 1.05. The van der Waals surface area contributed by atoms with Gasteiger partial charge >= 0.3 is 0 Å². The predicted octanol–water partition coefficient (Wildman–Crippen LogP) is 1.98. The number of anilines is 1. The molecule has 1 unspecified atom stereocenters. The molecule has 1 aromatic rings. The van der Waals surface area contributed by atoms with Crippen LogP contribution in [-0.4, -0.2) is 28.7 Å². The highest BCUT2D eigenvalue weighted by Crippen LogP contribution is 2.27. The second-order valence-corrected chi connectivity index (χ2v) is 5.60. The van der Waals surface area contributed by atoms with Crippen LogP contribution in [0.15, 0.2) is 12.1 Å². The van der Waals surface area contributed by atoms with Crippen molar-refractivity contribution in [3.63, 3.8) is 0 Å². The summed E-state index contributed by atoms with van der Waals surface area (Å²) in [7, 11) is 0. The first-order chi connectivity index (χ1) is 9.08. The number of carbonyl (C=O) groups is 1. The van der Waals surface area contributed by atoms with E-state index in [1.165, 1.54) is 25.7 Å². The number of nitrogens with zero attached hydrogens (tertiary/aromatic N) is 3. The largest absolute Gasteiger partial charge is 0.364 e. The van der Waals surface area contributed by atoms with E-state index in [2.05, 4.69) is 28.9 Å². The Labute approximate surface area is 114 Å². The highest BCUT2D eigenvalue weighted by molar-refractivity contribution is 5.90. The van der Waals surface area contributed by atoms with Gasteiger partial charge in [0.15, 0.2) is 11.5 Å². The smallest absolute Gasteiger partial charge is 0.269 e. The van der Waals surface area contributed by atoms with Gasteiger partial charge in [0.25, 0.3) is 5.91 Å². The van der Waals surface area contributed by atoms with Crippen molar-refractivity contribution in [3.05, 3.63) is 17.8 Å². The predicted molar refractivity (Wildman–Crippen MR) is 75.0 cm³/mol. The molecular formula is C14H22N4O. The van der Waals surface area contributed by atoms with Gasteiger partial charge in [0, 0.05) is 12.6 Å². The summed E-state index contributed by atoms with van der Waals surface area (Å²) in [6.07, 6.45) is 4.83. The average molecular weight is 262 g/mol. The highest BCUT2D eigenvalue weighted by atomic mass is 16.1. The quantitative estimate of drug-likeness (QED) is 0.880. The molecule has 5 heteroatoms. The Bertz CT molecular complexity index is 430. The van der Waals surface area contributed by atoms with Gasteiger partial charge in [-0.1, -0.05) is 13.8 Å². The van der Waals surface area contributed by atoms with Crippen LogP contribution < -0.4 is 10.6 Å². The van der Waals surface area contributed by atoms with E-state index in [0.29, 0.717) is 6.04 Å². The fourth-order valence-electron chi connectivity index (χ4n) is 2.57. The lowest BCUT2D eigenvalue weighted by atomic mass is 10.0. The molecule has 1 atom stereocenters. The second kappa shape index (κ2) is 5.99. The van der Waals surface area contributed by atoms with Crippen molar-refractivity contribution in [1.29, 1.82) is 0 Å². The van der Waals surface area contributed by atoms with Crippen LogP contribution in [0.2, 0.25) is 0 Å². The second-order valence-electron chi connectivity index (χ2n) is 5.60. The van der Waals surface area contributed by atoms with Crippen molar-refractivity contribution in [2.24, 2.45) is 11.7 Å². The van der Waals surface area contributed by atoms with Crippen molar-refractivity contribution >= 4 is 11.7 Å². The van der Waals surface area contributed by atoms with Gasteiger partial charge in [0.2, 0.25) is 0 Å². The van der Waals surface area contributed by atoms with Crippen LogP contribution in [0.5, 0.6) is 0 Å². The van der Waals surface area contributed by atoms with E-state index < -0.39 is 5.91 Å². The van der Waals surface area contributed by atoms with E-state index in [1.54, 1.807) is 6.07 Å². The normalized spacial score (nSPS) is 19.1. The molecule has 1 aliphatic rings. The van der Waals surface area contributed by atoms with Crippen LogP contribution in [-0.2, 0) is 0 Å². The van der Waals surface area contributed by atoms with Crippen molar-refractivity contribution in [2.75, 3.05) is 11.4 Å². The molecule has 0 bridgehead atoms. The van der Waals surface area contributed by atoms with E-state index in [0.717, 1.165) is 18.3 Å². The van der Waals surface area contributed by atoms with Gasteiger partial charge in [-0.3, -0.25) is 4.79 Å². The van der Waals surface area contributed by atoms with Gasteiger partial charge in [-0.25, -0.2) is 0 Å². The zero-order chi connectivity index (χ0) is 13.8. The zero-order valence-electron chi connectivity index (χ0n) is 11.7. The van der Waals surface area contributed by atoms with Crippen LogP contribution in [0, 0.1) is 5.92 Å². The summed E-state index contributed by atoms with van der Waals surface area (Å²) < 4.78 is 0. The molecule has 0 spiro atoms. The van der Waals surface area contributed by atoms with Crippen LogP contribution in [0.4, 0.5) is 5.82 Å². The average Bonchev–Trinajstić information content (AvgIpc) is 2.84. The molecule has 2 rings (SSSR count). The number of hydrogen-bond acceptors (Lipinski definition) is 4. The van der Waals surface area contributed by atoms with Gasteiger partial charge < -0.3 is 10.6 Å². The number of primary amides is 1.